The van der Waals surface area contributed by atoms with Crippen LogP contribution < -0.4 is 5.32 Å². The number of amides is 1. The Balaban J connectivity index is 1.33. The van der Waals surface area contributed by atoms with Gasteiger partial charge in [0.15, 0.2) is 0 Å². The van der Waals surface area contributed by atoms with Crippen LogP contribution in [0, 0.1) is 0 Å². The third-order valence-electron chi connectivity index (χ3n) is 4.79. The Labute approximate surface area is 175 Å². The Morgan fingerprint density at radius 1 is 1.00 bits per heavy atom. The van der Waals surface area contributed by atoms with Crippen LogP contribution in [0.3, 0.4) is 0 Å². The van der Waals surface area contributed by atoms with Gasteiger partial charge in [0.2, 0.25) is 0 Å². The summed E-state index contributed by atoms with van der Waals surface area (Å²) in [5.41, 5.74) is 2.14. The van der Waals surface area contributed by atoms with Crippen LogP contribution in [-0.2, 0) is 16.1 Å². The summed E-state index contributed by atoms with van der Waals surface area (Å²) in [7, 11) is 0. The number of benzene rings is 2. The summed E-state index contributed by atoms with van der Waals surface area (Å²) in [4.78, 5) is 12.0. The smallest absolute Gasteiger partial charge is 0.407 e. The van der Waals surface area contributed by atoms with Crippen molar-refractivity contribution in [3.05, 3.63) is 76.3 Å². The van der Waals surface area contributed by atoms with Gasteiger partial charge in [-0.25, -0.2) is 4.79 Å². The normalized spacial score (nSPS) is 19.8. The third-order valence-corrected chi connectivity index (χ3v) is 5.25. The predicted molar refractivity (Wildman–Crippen MR) is 115 cm³/mol. The standard InChI is InChI=1S/C23H26BrNO3/c24-20(15-18-7-3-1-4-8-18)17-27-22-13-11-21(12-14-22)25-23(26)28-16-19-9-5-2-6-10-19/h1-10,15,21-22H,11-14,16-17H2,(H,25,26)/t21-,22-. The number of rotatable bonds is 7. The highest BCUT2D eigenvalue weighted by molar-refractivity contribution is 9.11. The molecule has 2 aromatic carbocycles. The average molecular weight is 444 g/mol. The highest BCUT2D eigenvalue weighted by Crippen LogP contribution is 2.23. The number of hydrogen-bond acceptors (Lipinski definition) is 3. The molecule has 0 unspecified atom stereocenters. The first-order valence-corrected chi connectivity index (χ1v) is 10.5. The van der Waals surface area contributed by atoms with Gasteiger partial charge in [-0.1, -0.05) is 76.6 Å². The van der Waals surface area contributed by atoms with E-state index in [0.29, 0.717) is 13.2 Å². The van der Waals surface area contributed by atoms with Crippen molar-refractivity contribution < 1.29 is 14.3 Å². The molecular weight excluding hydrogens is 418 g/mol. The van der Waals surface area contributed by atoms with Gasteiger partial charge >= 0.3 is 6.09 Å². The summed E-state index contributed by atoms with van der Waals surface area (Å²) < 4.78 is 12.3. The van der Waals surface area contributed by atoms with Crippen LogP contribution >= 0.6 is 15.9 Å². The lowest BCUT2D eigenvalue weighted by Crippen LogP contribution is -2.39. The molecule has 5 heteroatoms. The average Bonchev–Trinajstić information content (AvgIpc) is 2.73. The van der Waals surface area contributed by atoms with Gasteiger partial charge in [-0.2, -0.15) is 0 Å². The van der Waals surface area contributed by atoms with Crippen LogP contribution in [0.25, 0.3) is 6.08 Å². The maximum Gasteiger partial charge on any atom is 0.407 e. The summed E-state index contributed by atoms with van der Waals surface area (Å²) in [6.07, 6.45) is 5.66. The van der Waals surface area contributed by atoms with Crippen molar-refractivity contribution in [1.82, 2.24) is 5.32 Å². The highest BCUT2D eigenvalue weighted by Gasteiger charge is 2.23. The van der Waals surface area contributed by atoms with Gasteiger partial charge in [0, 0.05) is 10.5 Å². The molecule has 0 radical (unpaired) electrons. The fraction of sp³-hybridized carbons (Fsp3) is 0.348. The lowest BCUT2D eigenvalue weighted by Gasteiger charge is -2.28. The van der Waals surface area contributed by atoms with E-state index in [-0.39, 0.29) is 18.2 Å². The van der Waals surface area contributed by atoms with E-state index in [1.807, 2.05) is 48.5 Å². The van der Waals surface area contributed by atoms with Crippen LogP contribution in [0.1, 0.15) is 36.8 Å². The summed E-state index contributed by atoms with van der Waals surface area (Å²) in [5.74, 6) is 0. The zero-order valence-electron chi connectivity index (χ0n) is 15.9. The molecule has 0 aromatic heterocycles. The summed E-state index contributed by atoms with van der Waals surface area (Å²) >= 11 is 3.59. The van der Waals surface area contributed by atoms with E-state index in [4.69, 9.17) is 9.47 Å². The van der Waals surface area contributed by atoms with E-state index in [1.165, 1.54) is 0 Å². The van der Waals surface area contributed by atoms with Crippen molar-refractivity contribution >= 4 is 28.1 Å². The number of ether oxygens (including phenoxy) is 2. The number of alkyl carbamates (subject to hydrolysis) is 1. The molecule has 3 rings (SSSR count). The minimum Gasteiger partial charge on any atom is -0.445 e. The number of carbonyl (C=O) groups is 1. The lowest BCUT2D eigenvalue weighted by molar-refractivity contribution is 0.0380. The summed E-state index contributed by atoms with van der Waals surface area (Å²) in [5, 5.41) is 2.97. The molecule has 28 heavy (non-hydrogen) atoms. The first kappa shape index (κ1) is 20.6. The monoisotopic (exact) mass is 443 g/mol. The number of carbonyl (C=O) groups excluding carboxylic acids is 1. The molecule has 0 heterocycles. The molecule has 1 saturated carbocycles. The zero-order valence-corrected chi connectivity index (χ0v) is 17.4. The van der Waals surface area contributed by atoms with Crippen LogP contribution in [0.15, 0.2) is 65.1 Å². The van der Waals surface area contributed by atoms with Crippen molar-refractivity contribution in [3.8, 4) is 0 Å². The molecule has 1 aliphatic carbocycles. The largest absolute Gasteiger partial charge is 0.445 e. The quantitative estimate of drug-likeness (QED) is 0.598. The van der Waals surface area contributed by atoms with Gasteiger partial charge in [0.1, 0.15) is 6.61 Å². The van der Waals surface area contributed by atoms with Crippen molar-refractivity contribution in [2.75, 3.05) is 6.61 Å². The first-order valence-electron chi connectivity index (χ1n) is 9.69. The molecule has 0 spiro atoms. The van der Waals surface area contributed by atoms with E-state index in [2.05, 4.69) is 39.5 Å². The van der Waals surface area contributed by atoms with Crippen molar-refractivity contribution in [2.45, 2.75) is 44.4 Å². The second-order valence-corrected chi connectivity index (χ2v) is 8.01. The van der Waals surface area contributed by atoms with Crippen molar-refractivity contribution in [3.63, 3.8) is 0 Å². The van der Waals surface area contributed by atoms with Gasteiger partial charge in [0.25, 0.3) is 0 Å². The molecule has 0 bridgehead atoms. The van der Waals surface area contributed by atoms with Crippen molar-refractivity contribution in [2.24, 2.45) is 0 Å². The maximum absolute atomic E-state index is 12.0. The van der Waals surface area contributed by atoms with Gasteiger partial charge < -0.3 is 14.8 Å². The summed E-state index contributed by atoms with van der Waals surface area (Å²) in [6.45, 7) is 0.865. The molecule has 0 saturated heterocycles. The Kier molecular flexibility index (Phi) is 8.12. The number of halogens is 1. The van der Waals surface area contributed by atoms with E-state index in [0.717, 1.165) is 41.3 Å². The van der Waals surface area contributed by atoms with Crippen molar-refractivity contribution in [1.29, 1.82) is 0 Å². The fourth-order valence-electron chi connectivity index (χ4n) is 3.27. The Hall–Kier alpha value is -2.11. The fourth-order valence-corrected chi connectivity index (χ4v) is 3.67. The zero-order chi connectivity index (χ0) is 19.6. The minimum absolute atomic E-state index is 0.159. The topological polar surface area (TPSA) is 47.6 Å². The Morgan fingerprint density at radius 2 is 1.64 bits per heavy atom. The molecule has 2 aromatic rings. The van der Waals surface area contributed by atoms with E-state index in [1.54, 1.807) is 0 Å². The third kappa shape index (κ3) is 7.13. The second kappa shape index (κ2) is 11.0. The van der Waals surface area contributed by atoms with Gasteiger partial charge in [0.05, 0.1) is 12.7 Å². The Bertz CT molecular complexity index is 756. The van der Waals surface area contributed by atoms with Crippen LogP contribution in [-0.4, -0.2) is 24.8 Å². The molecule has 1 aliphatic rings. The van der Waals surface area contributed by atoms with Crippen LogP contribution in [0.2, 0.25) is 0 Å². The molecule has 1 N–H and O–H groups in total. The first-order chi connectivity index (χ1) is 13.7. The highest BCUT2D eigenvalue weighted by atomic mass is 79.9. The second-order valence-electron chi connectivity index (χ2n) is 6.99. The molecule has 1 amide bonds. The van der Waals surface area contributed by atoms with Gasteiger partial charge in [-0.05, 0) is 42.9 Å². The lowest BCUT2D eigenvalue weighted by atomic mass is 9.93. The minimum atomic E-state index is -0.346. The SMILES string of the molecule is O=C(N[C@H]1CC[C@H](OCC(Br)=Cc2ccccc2)CC1)OCc1ccccc1. The Morgan fingerprint density at radius 3 is 2.32 bits per heavy atom. The molecule has 0 aliphatic heterocycles. The molecular formula is C23H26BrNO3. The number of hydrogen-bond donors (Lipinski definition) is 1. The molecule has 0 atom stereocenters. The van der Waals surface area contributed by atoms with E-state index >= 15 is 0 Å². The van der Waals surface area contributed by atoms with Crippen LogP contribution in [0.5, 0.6) is 0 Å². The molecule has 1 fully saturated rings. The van der Waals surface area contributed by atoms with E-state index < -0.39 is 0 Å². The molecule has 148 valence electrons. The maximum atomic E-state index is 12.0. The van der Waals surface area contributed by atoms with Gasteiger partial charge in [-0.15, -0.1) is 0 Å². The summed E-state index contributed by atoms with van der Waals surface area (Å²) in [6, 6.07) is 20.0. The van der Waals surface area contributed by atoms with Gasteiger partial charge in [-0.3, -0.25) is 0 Å². The number of nitrogens with one attached hydrogen (secondary N) is 1. The van der Waals surface area contributed by atoms with E-state index in [9.17, 15) is 4.79 Å². The van der Waals surface area contributed by atoms with Crippen LogP contribution in [0.4, 0.5) is 4.79 Å². The molecule has 4 nitrogen and oxygen atoms in total. The predicted octanol–water partition coefficient (Wildman–Crippen LogP) is 5.68.